The van der Waals surface area contributed by atoms with Gasteiger partial charge in [-0.1, -0.05) is 17.7 Å². The molecule has 1 aliphatic rings. The fraction of sp³-hybridized carbons (Fsp3) is 0.421. The van der Waals surface area contributed by atoms with Crippen molar-refractivity contribution in [1.82, 2.24) is 9.97 Å². The number of hydrogen-bond donors (Lipinski definition) is 0. The van der Waals surface area contributed by atoms with E-state index < -0.39 is 0 Å². The average Bonchev–Trinajstić information content (AvgIpc) is 2.67. The van der Waals surface area contributed by atoms with E-state index in [0.717, 1.165) is 37.6 Å². The van der Waals surface area contributed by atoms with Gasteiger partial charge in [-0.25, -0.2) is 9.97 Å². The van der Waals surface area contributed by atoms with Crippen LogP contribution in [0.5, 0.6) is 5.75 Å². The van der Waals surface area contributed by atoms with E-state index in [-0.39, 0.29) is 18.5 Å². The molecule has 0 bridgehead atoms. The number of nitrogens with zero attached hydrogens (tertiary/aromatic N) is 3. The number of aryl methyl sites for hydroxylation is 1. The quantitative estimate of drug-likeness (QED) is 0.594. The molecule has 0 unspecified atom stereocenters. The Morgan fingerprint density at radius 3 is 2.48 bits per heavy atom. The van der Waals surface area contributed by atoms with Crippen molar-refractivity contribution >= 4 is 11.9 Å². The van der Waals surface area contributed by atoms with E-state index in [1.165, 1.54) is 5.56 Å². The summed E-state index contributed by atoms with van der Waals surface area (Å²) in [6.07, 6.45) is 4.99. The highest BCUT2D eigenvalue weighted by molar-refractivity contribution is 5.72. The van der Waals surface area contributed by atoms with Crippen molar-refractivity contribution in [2.24, 2.45) is 5.92 Å². The minimum absolute atomic E-state index is 0.0562. The third-order valence-electron chi connectivity index (χ3n) is 4.28. The molecule has 0 aliphatic carbocycles. The zero-order valence-electron chi connectivity index (χ0n) is 14.4. The molecule has 25 heavy (non-hydrogen) atoms. The van der Waals surface area contributed by atoms with Crippen molar-refractivity contribution < 1.29 is 14.3 Å². The molecule has 132 valence electrons. The molecule has 1 aromatic heterocycles. The predicted octanol–water partition coefficient (Wildman–Crippen LogP) is 2.62. The third kappa shape index (κ3) is 4.92. The van der Waals surface area contributed by atoms with Gasteiger partial charge in [0.2, 0.25) is 5.95 Å². The smallest absolute Gasteiger partial charge is 0.309 e. The Bertz CT molecular complexity index is 668. The van der Waals surface area contributed by atoms with Crippen LogP contribution in [0.25, 0.3) is 0 Å². The predicted molar refractivity (Wildman–Crippen MR) is 94.6 cm³/mol. The number of ether oxygens (including phenoxy) is 2. The molecule has 6 nitrogen and oxygen atoms in total. The van der Waals surface area contributed by atoms with Crippen LogP contribution in [0.2, 0.25) is 0 Å². The van der Waals surface area contributed by atoms with E-state index in [9.17, 15) is 4.79 Å². The fourth-order valence-electron chi connectivity index (χ4n) is 2.82. The van der Waals surface area contributed by atoms with Crippen molar-refractivity contribution in [2.75, 3.05) is 31.2 Å². The summed E-state index contributed by atoms with van der Waals surface area (Å²) in [6.45, 7) is 4.20. The van der Waals surface area contributed by atoms with Gasteiger partial charge >= 0.3 is 5.97 Å². The van der Waals surface area contributed by atoms with Gasteiger partial charge in [0.15, 0.2) is 0 Å². The molecule has 1 saturated heterocycles. The highest BCUT2D eigenvalue weighted by Gasteiger charge is 2.27. The largest absolute Gasteiger partial charge is 0.490 e. The SMILES string of the molecule is Cc1ccc(OCCOC(=O)C2CCN(c3ncccn3)CC2)cc1. The van der Waals surface area contributed by atoms with Crippen LogP contribution >= 0.6 is 0 Å². The lowest BCUT2D eigenvalue weighted by molar-refractivity contribution is -0.150. The van der Waals surface area contributed by atoms with Gasteiger partial charge < -0.3 is 14.4 Å². The zero-order valence-corrected chi connectivity index (χ0v) is 14.4. The summed E-state index contributed by atoms with van der Waals surface area (Å²) in [5.74, 6) is 1.32. The van der Waals surface area contributed by atoms with Crippen LogP contribution in [0.1, 0.15) is 18.4 Å². The summed E-state index contributed by atoms with van der Waals surface area (Å²) < 4.78 is 10.9. The molecule has 2 heterocycles. The molecular weight excluding hydrogens is 318 g/mol. The molecule has 0 saturated carbocycles. The minimum Gasteiger partial charge on any atom is -0.490 e. The molecule has 6 heteroatoms. The number of aromatic nitrogens is 2. The van der Waals surface area contributed by atoms with Gasteiger partial charge in [0, 0.05) is 25.5 Å². The van der Waals surface area contributed by atoms with E-state index in [4.69, 9.17) is 9.47 Å². The van der Waals surface area contributed by atoms with Crippen LogP contribution in [0.15, 0.2) is 42.7 Å². The lowest BCUT2D eigenvalue weighted by Gasteiger charge is -2.30. The molecule has 0 amide bonds. The minimum atomic E-state index is -0.138. The number of carbonyl (C=O) groups excluding carboxylic acids is 1. The van der Waals surface area contributed by atoms with Gasteiger partial charge in [-0.3, -0.25) is 4.79 Å². The molecule has 3 rings (SSSR count). The lowest BCUT2D eigenvalue weighted by Crippen LogP contribution is -2.38. The Labute approximate surface area is 147 Å². The highest BCUT2D eigenvalue weighted by Crippen LogP contribution is 2.21. The second-order valence-electron chi connectivity index (χ2n) is 6.14. The molecule has 1 fully saturated rings. The van der Waals surface area contributed by atoms with Gasteiger partial charge in [-0.2, -0.15) is 0 Å². The second-order valence-corrected chi connectivity index (χ2v) is 6.14. The van der Waals surface area contributed by atoms with Crippen LogP contribution in [0, 0.1) is 12.8 Å². The maximum absolute atomic E-state index is 12.2. The standard InChI is InChI=1S/C19H23N3O3/c1-15-3-5-17(6-4-15)24-13-14-25-18(23)16-7-11-22(12-8-16)19-20-9-2-10-21-19/h2-6,9-10,16H,7-8,11-14H2,1H3. The van der Waals surface area contributed by atoms with Crippen LogP contribution in [-0.2, 0) is 9.53 Å². The fourth-order valence-corrected chi connectivity index (χ4v) is 2.82. The van der Waals surface area contributed by atoms with Crippen molar-refractivity contribution in [2.45, 2.75) is 19.8 Å². The Hall–Kier alpha value is -2.63. The summed E-state index contributed by atoms with van der Waals surface area (Å²) in [6, 6.07) is 9.61. The average molecular weight is 341 g/mol. The Balaban J connectivity index is 1.36. The van der Waals surface area contributed by atoms with Crippen molar-refractivity contribution in [3.63, 3.8) is 0 Å². The number of anilines is 1. The third-order valence-corrected chi connectivity index (χ3v) is 4.28. The number of hydrogen-bond acceptors (Lipinski definition) is 6. The summed E-state index contributed by atoms with van der Waals surface area (Å²) in [5.41, 5.74) is 1.19. The van der Waals surface area contributed by atoms with Gasteiger partial charge in [0.05, 0.1) is 5.92 Å². The molecular formula is C19H23N3O3. The molecule has 0 N–H and O–H groups in total. The van der Waals surface area contributed by atoms with E-state index in [1.807, 2.05) is 31.2 Å². The number of piperidine rings is 1. The van der Waals surface area contributed by atoms with E-state index in [1.54, 1.807) is 18.5 Å². The first-order chi connectivity index (χ1) is 12.2. The molecule has 0 spiro atoms. The molecule has 2 aromatic rings. The van der Waals surface area contributed by atoms with E-state index in [2.05, 4.69) is 14.9 Å². The van der Waals surface area contributed by atoms with Crippen molar-refractivity contribution in [3.05, 3.63) is 48.3 Å². The maximum Gasteiger partial charge on any atom is 0.309 e. The maximum atomic E-state index is 12.2. The van der Waals surface area contributed by atoms with Crippen LogP contribution in [0.3, 0.4) is 0 Å². The molecule has 0 atom stereocenters. The number of benzene rings is 1. The second kappa shape index (κ2) is 8.46. The molecule has 1 aliphatic heterocycles. The first kappa shape index (κ1) is 17.2. The molecule has 1 aromatic carbocycles. The summed E-state index contributed by atoms with van der Waals surface area (Å²) in [7, 11) is 0. The van der Waals surface area contributed by atoms with Gasteiger partial charge in [0.25, 0.3) is 0 Å². The normalized spacial score (nSPS) is 15.0. The van der Waals surface area contributed by atoms with Gasteiger partial charge in [-0.15, -0.1) is 0 Å². The van der Waals surface area contributed by atoms with Crippen molar-refractivity contribution in [3.8, 4) is 5.75 Å². The number of carbonyl (C=O) groups is 1. The topological polar surface area (TPSA) is 64.6 Å². The number of esters is 1. The first-order valence-corrected chi connectivity index (χ1v) is 8.60. The summed E-state index contributed by atoms with van der Waals surface area (Å²) in [4.78, 5) is 22.8. The van der Waals surface area contributed by atoms with Gasteiger partial charge in [-0.05, 0) is 38.0 Å². The number of rotatable bonds is 6. The monoisotopic (exact) mass is 341 g/mol. The van der Waals surface area contributed by atoms with Crippen LogP contribution in [0.4, 0.5) is 5.95 Å². The summed E-state index contributed by atoms with van der Waals surface area (Å²) in [5, 5.41) is 0. The van der Waals surface area contributed by atoms with Crippen LogP contribution < -0.4 is 9.64 Å². The lowest BCUT2D eigenvalue weighted by atomic mass is 9.97. The molecule has 0 radical (unpaired) electrons. The van der Waals surface area contributed by atoms with Crippen LogP contribution in [-0.4, -0.2) is 42.2 Å². The Morgan fingerprint density at radius 1 is 1.12 bits per heavy atom. The Kier molecular flexibility index (Phi) is 5.82. The van der Waals surface area contributed by atoms with E-state index in [0.29, 0.717) is 6.61 Å². The van der Waals surface area contributed by atoms with Crippen molar-refractivity contribution in [1.29, 1.82) is 0 Å². The summed E-state index contributed by atoms with van der Waals surface area (Å²) >= 11 is 0. The van der Waals surface area contributed by atoms with E-state index >= 15 is 0 Å². The zero-order chi connectivity index (χ0) is 17.5. The first-order valence-electron chi connectivity index (χ1n) is 8.60. The Morgan fingerprint density at radius 2 is 1.80 bits per heavy atom. The van der Waals surface area contributed by atoms with Gasteiger partial charge in [0.1, 0.15) is 19.0 Å². The highest BCUT2D eigenvalue weighted by atomic mass is 16.6.